The summed E-state index contributed by atoms with van der Waals surface area (Å²) in [6.45, 7) is 3.25. The Morgan fingerprint density at radius 1 is 1.23 bits per heavy atom. The van der Waals surface area contributed by atoms with E-state index in [1.165, 1.54) is 0 Å². The van der Waals surface area contributed by atoms with Crippen molar-refractivity contribution in [1.82, 2.24) is 15.0 Å². The van der Waals surface area contributed by atoms with Crippen LogP contribution in [0.15, 0.2) is 10.6 Å². The first-order valence-electron chi connectivity index (χ1n) is 9.40. The van der Waals surface area contributed by atoms with Gasteiger partial charge >= 0.3 is 0 Å². The molecule has 0 aromatic carbocycles. The van der Waals surface area contributed by atoms with Crippen LogP contribution in [0.5, 0.6) is 0 Å². The van der Waals surface area contributed by atoms with Gasteiger partial charge < -0.3 is 19.6 Å². The Labute approximate surface area is 152 Å². The molecule has 0 bridgehead atoms. The van der Waals surface area contributed by atoms with Crippen LogP contribution < -0.4 is 0 Å². The van der Waals surface area contributed by atoms with E-state index in [2.05, 4.69) is 10.1 Å². The molecule has 140 valence electrons. The average Bonchev–Trinajstić information content (AvgIpc) is 3.32. The Bertz CT molecular complexity index is 800. The second-order valence-electron chi connectivity index (χ2n) is 7.57. The number of aliphatic hydroxyl groups is 2. The molecule has 2 atom stereocenters. The number of likely N-dealkylation sites (tertiary alicyclic amines) is 1. The summed E-state index contributed by atoms with van der Waals surface area (Å²) in [5, 5.41) is 23.3. The lowest BCUT2D eigenvalue weighted by Gasteiger charge is -2.17. The minimum Gasteiger partial charge on any atom is -0.396 e. The van der Waals surface area contributed by atoms with Gasteiger partial charge in [-0.1, -0.05) is 5.16 Å². The van der Waals surface area contributed by atoms with Crippen LogP contribution in [-0.2, 0) is 0 Å². The number of hydrogen-bond acceptors (Lipinski definition) is 6. The van der Waals surface area contributed by atoms with Crippen LogP contribution in [0.25, 0.3) is 11.1 Å². The number of amides is 1. The first kappa shape index (κ1) is 17.4. The summed E-state index contributed by atoms with van der Waals surface area (Å²) < 4.78 is 5.34. The number of carbonyl (C=O) groups is 1. The number of rotatable bonds is 6. The van der Waals surface area contributed by atoms with Crippen LogP contribution >= 0.6 is 0 Å². The number of fused-ring (bicyclic) bond motifs is 1. The minimum absolute atomic E-state index is 0.0334. The molecule has 1 saturated carbocycles. The fourth-order valence-corrected chi connectivity index (χ4v) is 4.13. The lowest BCUT2D eigenvalue weighted by molar-refractivity contribution is 0.0782. The van der Waals surface area contributed by atoms with Crippen molar-refractivity contribution in [2.75, 3.05) is 26.3 Å². The molecule has 0 spiro atoms. The van der Waals surface area contributed by atoms with Gasteiger partial charge in [-0.2, -0.15) is 0 Å². The van der Waals surface area contributed by atoms with Gasteiger partial charge in [0.15, 0.2) is 0 Å². The van der Waals surface area contributed by atoms with Gasteiger partial charge in [0.05, 0.1) is 16.6 Å². The van der Waals surface area contributed by atoms with Gasteiger partial charge in [-0.25, -0.2) is 4.98 Å². The Hall–Kier alpha value is -1.99. The third-order valence-corrected chi connectivity index (χ3v) is 5.73. The van der Waals surface area contributed by atoms with E-state index in [1.807, 2.05) is 17.9 Å². The van der Waals surface area contributed by atoms with E-state index in [0.717, 1.165) is 18.5 Å². The van der Waals surface area contributed by atoms with E-state index in [4.69, 9.17) is 4.52 Å². The van der Waals surface area contributed by atoms with Crippen LogP contribution in [0, 0.1) is 18.8 Å². The number of hydrogen-bond donors (Lipinski definition) is 2. The summed E-state index contributed by atoms with van der Waals surface area (Å²) >= 11 is 0. The second kappa shape index (κ2) is 6.96. The quantitative estimate of drug-likeness (QED) is 0.817. The van der Waals surface area contributed by atoms with E-state index in [9.17, 15) is 15.0 Å². The third kappa shape index (κ3) is 3.10. The fourth-order valence-electron chi connectivity index (χ4n) is 4.13. The molecular weight excluding hydrogens is 334 g/mol. The zero-order chi connectivity index (χ0) is 18.3. The Balaban J connectivity index is 1.66. The predicted octanol–water partition coefficient (Wildman–Crippen LogP) is 1.86. The van der Waals surface area contributed by atoms with Gasteiger partial charge in [-0.3, -0.25) is 4.79 Å². The lowest BCUT2D eigenvalue weighted by Crippen LogP contribution is -2.29. The van der Waals surface area contributed by atoms with Crippen LogP contribution in [0.1, 0.15) is 53.3 Å². The number of aromatic nitrogens is 2. The van der Waals surface area contributed by atoms with Crippen LogP contribution in [0.4, 0.5) is 0 Å². The van der Waals surface area contributed by atoms with E-state index in [0.29, 0.717) is 54.2 Å². The maximum absolute atomic E-state index is 13.3. The molecule has 2 aliphatic rings. The molecule has 7 heteroatoms. The highest BCUT2D eigenvalue weighted by Gasteiger charge is 2.36. The lowest BCUT2D eigenvalue weighted by atomic mass is 9.91. The third-order valence-electron chi connectivity index (χ3n) is 5.73. The molecule has 2 fully saturated rings. The van der Waals surface area contributed by atoms with Crippen molar-refractivity contribution >= 4 is 17.0 Å². The summed E-state index contributed by atoms with van der Waals surface area (Å²) in [6, 6.07) is 1.91. The van der Waals surface area contributed by atoms with Crippen molar-refractivity contribution in [3.8, 4) is 0 Å². The summed E-state index contributed by atoms with van der Waals surface area (Å²) in [5.41, 5.74) is 2.64. The number of carbonyl (C=O) groups excluding carboxylic acids is 1. The van der Waals surface area contributed by atoms with Gasteiger partial charge in [0, 0.05) is 37.9 Å². The average molecular weight is 359 g/mol. The molecule has 7 nitrogen and oxygen atoms in total. The molecule has 1 aliphatic carbocycles. The standard InChI is InChI=1S/C19H25N3O4/c1-11-17-15(8-16(12-2-3-12)20-18(17)26-21-11)19(25)22-9-13(4-6-23)14(10-22)5-7-24/h8,12-14,23-24H,2-7,9-10H2,1H3/t13-,14+. The number of pyridine rings is 1. The SMILES string of the molecule is Cc1noc2nc(C3CC3)cc(C(=O)N3C[C@@H](CCO)[C@@H](CCO)C3)c12. The largest absolute Gasteiger partial charge is 0.396 e. The monoisotopic (exact) mass is 359 g/mol. The topological polar surface area (TPSA) is 99.7 Å². The van der Waals surface area contributed by atoms with Gasteiger partial charge in [0.25, 0.3) is 11.6 Å². The maximum atomic E-state index is 13.3. The molecule has 1 aliphatic heterocycles. The smallest absolute Gasteiger partial charge is 0.259 e. The van der Waals surface area contributed by atoms with Gasteiger partial charge in [-0.05, 0) is 50.5 Å². The van der Waals surface area contributed by atoms with Crippen molar-refractivity contribution in [3.05, 3.63) is 23.0 Å². The molecule has 2 aromatic rings. The van der Waals surface area contributed by atoms with E-state index in [1.54, 1.807) is 0 Å². The maximum Gasteiger partial charge on any atom is 0.259 e. The number of aliphatic hydroxyl groups excluding tert-OH is 2. The molecule has 2 aromatic heterocycles. The van der Waals surface area contributed by atoms with Crippen molar-refractivity contribution in [2.24, 2.45) is 11.8 Å². The molecule has 3 heterocycles. The van der Waals surface area contributed by atoms with Crippen LogP contribution in [-0.4, -0.2) is 57.5 Å². The van der Waals surface area contributed by atoms with Crippen molar-refractivity contribution in [1.29, 1.82) is 0 Å². The van der Waals surface area contributed by atoms with Crippen molar-refractivity contribution in [2.45, 2.75) is 38.5 Å². The molecule has 1 amide bonds. The number of nitrogens with zero attached hydrogens (tertiary/aromatic N) is 3. The Kier molecular flexibility index (Phi) is 4.67. The van der Waals surface area contributed by atoms with E-state index < -0.39 is 0 Å². The number of aryl methyl sites for hydroxylation is 1. The van der Waals surface area contributed by atoms with Crippen LogP contribution in [0.3, 0.4) is 0 Å². The van der Waals surface area contributed by atoms with Gasteiger partial charge in [-0.15, -0.1) is 0 Å². The van der Waals surface area contributed by atoms with Crippen molar-refractivity contribution in [3.63, 3.8) is 0 Å². The summed E-state index contributed by atoms with van der Waals surface area (Å²) in [6.07, 6.45) is 3.50. The molecule has 26 heavy (non-hydrogen) atoms. The highest BCUT2D eigenvalue weighted by Crippen LogP contribution is 2.41. The second-order valence-corrected chi connectivity index (χ2v) is 7.57. The Morgan fingerprint density at radius 2 is 1.88 bits per heavy atom. The van der Waals surface area contributed by atoms with Gasteiger partial charge in [0.1, 0.15) is 0 Å². The normalized spacial score (nSPS) is 23.1. The molecule has 2 N–H and O–H groups in total. The summed E-state index contributed by atoms with van der Waals surface area (Å²) in [5.74, 6) is 0.827. The Morgan fingerprint density at radius 3 is 2.46 bits per heavy atom. The first-order chi connectivity index (χ1) is 12.6. The highest BCUT2D eigenvalue weighted by molar-refractivity contribution is 6.06. The molecule has 0 radical (unpaired) electrons. The molecule has 0 unspecified atom stereocenters. The zero-order valence-electron chi connectivity index (χ0n) is 15.0. The molecule has 1 saturated heterocycles. The first-order valence-corrected chi connectivity index (χ1v) is 9.40. The predicted molar refractivity (Wildman–Crippen MR) is 94.8 cm³/mol. The van der Waals surface area contributed by atoms with E-state index in [-0.39, 0.29) is 31.0 Å². The summed E-state index contributed by atoms with van der Waals surface area (Å²) in [7, 11) is 0. The zero-order valence-corrected chi connectivity index (χ0v) is 15.0. The van der Waals surface area contributed by atoms with Gasteiger partial charge in [0.2, 0.25) is 0 Å². The molecular formula is C19H25N3O4. The molecule has 4 rings (SSSR count). The summed E-state index contributed by atoms with van der Waals surface area (Å²) in [4.78, 5) is 19.7. The van der Waals surface area contributed by atoms with Crippen molar-refractivity contribution < 1.29 is 19.5 Å². The van der Waals surface area contributed by atoms with Crippen LogP contribution in [0.2, 0.25) is 0 Å². The fraction of sp³-hybridized carbons (Fsp3) is 0.632. The highest BCUT2D eigenvalue weighted by atomic mass is 16.5. The minimum atomic E-state index is -0.0334. The van der Waals surface area contributed by atoms with E-state index >= 15 is 0 Å².